The smallest absolute Gasteiger partial charge is 0.0550 e. The normalized spacial score (nSPS) is 13.0. The summed E-state index contributed by atoms with van der Waals surface area (Å²) in [5, 5.41) is 9.94. The molecule has 0 fully saturated rings. The van der Waals surface area contributed by atoms with Crippen molar-refractivity contribution >= 4 is 5.97 Å². The highest BCUT2D eigenvalue weighted by Gasteiger charge is 1.99. The molecule has 0 aliphatic carbocycles. The predicted molar refractivity (Wildman–Crippen MR) is 35.3 cm³/mol. The molecule has 60 valence electrons. The predicted octanol–water partition coefficient (Wildman–Crippen LogP) is -0.0585. The fourth-order valence-corrected chi connectivity index (χ4v) is 0.689. The molecule has 0 N–H and O–H groups in total. The molecular weight excluding hydrogens is 132 g/mol. The molecule has 3 nitrogen and oxygen atoms in total. The number of hydrogen-bond donors (Lipinski definition) is 0. The Balaban J connectivity index is 3.21. The van der Waals surface area contributed by atoms with Gasteiger partial charge in [0.25, 0.3) is 0 Å². The van der Waals surface area contributed by atoms with Gasteiger partial charge in [0.2, 0.25) is 0 Å². The highest BCUT2D eigenvalue weighted by Crippen LogP contribution is 1.99. The number of ether oxygens (including phenoxy) is 1. The van der Waals surface area contributed by atoms with Crippen molar-refractivity contribution in [2.24, 2.45) is 0 Å². The second-order valence-electron chi connectivity index (χ2n) is 2.18. The molecule has 0 spiro atoms. The molecule has 0 amide bonds. The van der Waals surface area contributed by atoms with E-state index in [1.807, 2.05) is 13.8 Å². The molecule has 0 bridgehead atoms. The fourth-order valence-electron chi connectivity index (χ4n) is 0.689. The van der Waals surface area contributed by atoms with Gasteiger partial charge in [-0.05, 0) is 26.7 Å². The molecule has 0 heterocycles. The first-order valence-electron chi connectivity index (χ1n) is 3.48. The van der Waals surface area contributed by atoms with Gasteiger partial charge in [-0.3, -0.25) is 0 Å². The lowest BCUT2D eigenvalue weighted by molar-refractivity contribution is -0.306. The lowest BCUT2D eigenvalue weighted by Gasteiger charge is -2.10. The van der Waals surface area contributed by atoms with E-state index in [2.05, 4.69) is 0 Å². The second-order valence-corrected chi connectivity index (χ2v) is 2.18. The number of carbonyl (C=O) groups is 1. The first kappa shape index (κ1) is 9.43. The summed E-state index contributed by atoms with van der Waals surface area (Å²) in [6.07, 6.45) is 0.653. The molecule has 10 heavy (non-hydrogen) atoms. The van der Waals surface area contributed by atoms with Crippen LogP contribution in [-0.2, 0) is 9.53 Å². The molecule has 3 heteroatoms. The number of rotatable bonds is 5. The molecule has 0 aromatic heterocycles. The van der Waals surface area contributed by atoms with Gasteiger partial charge in [-0.1, -0.05) is 0 Å². The molecule has 1 unspecified atom stereocenters. The van der Waals surface area contributed by atoms with E-state index in [1.54, 1.807) is 0 Å². The standard InChI is InChI=1S/C7H14O3/c1-3-10-6(2)4-5-7(8)9/h6H,3-5H2,1-2H3,(H,8,9)/p-1. The van der Waals surface area contributed by atoms with E-state index in [0.717, 1.165) is 0 Å². The van der Waals surface area contributed by atoms with Crippen molar-refractivity contribution in [3.63, 3.8) is 0 Å². The molecular formula is C7H13O3-. The van der Waals surface area contributed by atoms with E-state index in [1.165, 1.54) is 0 Å². The average Bonchev–Trinajstić information content (AvgIpc) is 1.85. The fraction of sp³-hybridized carbons (Fsp3) is 0.857. The monoisotopic (exact) mass is 145 g/mol. The van der Waals surface area contributed by atoms with Crippen LogP contribution in [0.5, 0.6) is 0 Å². The Morgan fingerprint density at radius 2 is 2.30 bits per heavy atom. The molecule has 0 aromatic rings. The maximum Gasteiger partial charge on any atom is 0.0550 e. The highest BCUT2D eigenvalue weighted by molar-refractivity contribution is 5.64. The van der Waals surface area contributed by atoms with E-state index in [0.29, 0.717) is 13.0 Å². The second kappa shape index (κ2) is 5.23. The van der Waals surface area contributed by atoms with E-state index >= 15 is 0 Å². The Kier molecular flexibility index (Phi) is 4.94. The van der Waals surface area contributed by atoms with Crippen LogP contribution < -0.4 is 5.11 Å². The molecule has 0 aliphatic heterocycles. The number of carbonyl (C=O) groups excluding carboxylic acids is 1. The minimum absolute atomic E-state index is 0.0305. The SMILES string of the molecule is CCOC(C)CCC(=O)[O-]. The van der Waals surface area contributed by atoms with Crippen LogP contribution in [0.1, 0.15) is 26.7 Å². The maximum atomic E-state index is 9.94. The van der Waals surface area contributed by atoms with Crippen LogP contribution in [0.25, 0.3) is 0 Å². The minimum Gasteiger partial charge on any atom is -0.550 e. The van der Waals surface area contributed by atoms with Crippen LogP contribution in [0, 0.1) is 0 Å². The summed E-state index contributed by atoms with van der Waals surface area (Å²) in [5.74, 6) is -1.01. The Hall–Kier alpha value is -0.570. The van der Waals surface area contributed by atoms with Gasteiger partial charge in [0.05, 0.1) is 6.10 Å². The van der Waals surface area contributed by atoms with Gasteiger partial charge in [0.1, 0.15) is 0 Å². The van der Waals surface area contributed by atoms with Crippen LogP contribution in [0.2, 0.25) is 0 Å². The summed E-state index contributed by atoms with van der Waals surface area (Å²) in [6.45, 7) is 4.37. The van der Waals surface area contributed by atoms with Crippen molar-refractivity contribution in [2.45, 2.75) is 32.8 Å². The van der Waals surface area contributed by atoms with Gasteiger partial charge in [0.15, 0.2) is 0 Å². The molecule has 0 aromatic carbocycles. The Morgan fingerprint density at radius 1 is 1.70 bits per heavy atom. The lowest BCUT2D eigenvalue weighted by atomic mass is 10.2. The van der Waals surface area contributed by atoms with Crippen LogP contribution in [0.15, 0.2) is 0 Å². The number of carboxylic acids is 1. The van der Waals surface area contributed by atoms with Gasteiger partial charge < -0.3 is 14.6 Å². The summed E-state index contributed by atoms with van der Waals surface area (Å²) >= 11 is 0. The highest BCUT2D eigenvalue weighted by atomic mass is 16.5. The third-order valence-electron chi connectivity index (χ3n) is 1.21. The zero-order chi connectivity index (χ0) is 7.98. The van der Waals surface area contributed by atoms with E-state index < -0.39 is 5.97 Å². The summed E-state index contributed by atoms with van der Waals surface area (Å²) < 4.78 is 5.10. The van der Waals surface area contributed by atoms with Gasteiger partial charge in [-0.15, -0.1) is 0 Å². The summed E-state index contributed by atoms with van der Waals surface area (Å²) in [7, 11) is 0. The number of carboxylic acid groups (broad SMARTS) is 1. The Bertz CT molecular complexity index is 101. The zero-order valence-corrected chi connectivity index (χ0v) is 6.42. The van der Waals surface area contributed by atoms with Crippen molar-refractivity contribution in [1.82, 2.24) is 0 Å². The van der Waals surface area contributed by atoms with Crippen molar-refractivity contribution in [3.05, 3.63) is 0 Å². The first-order valence-corrected chi connectivity index (χ1v) is 3.48. The van der Waals surface area contributed by atoms with Gasteiger partial charge in [-0.2, -0.15) is 0 Å². The quantitative estimate of drug-likeness (QED) is 0.544. The topological polar surface area (TPSA) is 49.4 Å². The third kappa shape index (κ3) is 5.56. The van der Waals surface area contributed by atoms with Gasteiger partial charge >= 0.3 is 0 Å². The van der Waals surface area contributed by atoms with E-state index in [4.69, 9.17) is 4.74 Å². The number of aliphatic carboxylic acids is 1. The van der Waals surface area contributed by atoms with Crippen molar-refractivity contribution in [1.29, 1.82) is 0 Å². The zero-order valence-electron chi connectivity index (χ0n) is 6.42. The Labute approximate surface area is 61.0 Å². The first-order chi connectivity index (χ1) is 4.66. The number of hydrogen-bond acceptors (Lipinski definition) is 3. The molecule has 0 aliphatic rings. The third-order valence-corrected chi connectivity index (χ3v) is 1.21. The Morgan fingerprint density at radius 3 is 2.70 bits per heavy atom. The summed E-state index contributed by atoms with van der Waals surface area (Å²) in [6, 6.07) is 0. The molecule has 0 rings (SSSR count). The van der Waals surface area contributed by atoms with Crippen LogP contribution in [-0.4, -0.2) is 18.7 Å². The van der Waals surface area contributed by atoms with E-state index in [9.17, 15) is 9.90 Å². The van der Waals surface area contributed by atoms with Gasteiger partial charge in [-0.25, -0.2) is 0 Å². The average molecular weight is 145 g/mol. The largest absolute Gasteiger partial charge is 0.550 e. The molecule has 0 saturated heterocycles. The van der Waals surface area contributed by atoms with Crippen LogP contribution in [0.4, 0.5) is 0 Å². The van der Waals surface area contributed by atoms with Crippen molar-refractivity contribution < 1.29 is 14.6 Å². The molecule has 1 atom stereocenters. The maximum absolute atomic E-state index is 9.94. The van der Waals surface area contributed by atoms with Gasteiger partial charge in [0, 0.05) is 12.6 Å². The van der Waals surface area contributed by atoms with Crippen molar-refractivity contribution in [2.75, 3.05) is 6.61 Å². The van der Waals surface area contributed by atoms with Crippen LogP contribution >= 0.6 is 0 Å². The summed E-state index contributed by atoms with van der Waals surface area (Å²) in [5.41, 5.74) is 0. The summed E-state index contributed by atoms with van der Waals surface area (Å²) in [4.78, 5) is 9.94. The van der Waals surface area contributed by atoms with Crippen molar-refractivity contribution in [3.8, 4) is 0 Å². The minimum atomic E-state index is -1.01. The molecule has 0 radical (unpaired) electrons. The lowest BCUT2D eigenvalue weighted by Crippen LogP contribution is -2.23. The molecule has 0 saturated carbocycles. The van der Waals surface area contributed by atoms with Crippen LogP contribution in [0.3, 0.4) is 0 Å². The van der Waals surface area contributed by atoms with E-state index in [-0.39, 0.29) is 12.5 Å².